The van der Waals surface area contributed by atoms with Gasteiger partial charge in [-0.2, -0.15) is 0 Å². The molecule has 20 heavy (non-hydrogen) atoms. The van der Waals surface area contributed by atoms with Crippen LogP contribution in [0.5, 0.6) is 5.75 Å². The fourth-order valence-electron chi connectivity index (χ4n) is 1.40. The average molecular weight is 319 g/mol. The summed E-state index contributed by atoms with van der Waals surface area (Å²) < 4.78 is 30.2. The zero-order valence-corrected chi connectivity index (χ0v) is 12.8. The Morgan fingerprint density at radius 2 is 1.50 bits per heavy atom. The van der Waals surface area contributed by atoms with Gasteiger partial charge in [-0.05, 0) is 37.1 Å². The molecule has 0 amide bonds. The van der Waals surface area contributed by atoms with E-state index in [0.29, 0.717) is 5.56 Å². The summed E-state index contributed by atoms with van der Waals surface area (Å²) in [6.45, 7) is 3.51. The third-order valence-electron chi connectivity index (χ3n) is 2.60. The summed E-state index contributed by atoms with van der Waals surface area (Å²) in [6.07, 6.45) is 0. The van der Waals surface area contributed by atoms with Crippen molar-refractivity contribution >= 4 is 23.2 Å². The van der Waals surface area contributed by atoms with E-state index in [4.69, 9.17) is 27.9 Å². The maximum atomic E-state index is 13.0. The van der Waals surface area contributed by atoms with E-state index in [1.807, 2.05) is 0 Å². The van der Waals surface area contributed by atoms with Crippen LogP contribution < -0.4 is 4.74 Å². The van der Waals surface area contributed by atoms with Crippen molar-refractivity contribution in [1.82, 2.24) is 0 Å². The summed E-state index contributed by atoms with van der Waals surface area (Å²) in [7, 11) is 1.41. The van der Waals surface area contributed by atoms with Gasteiger partial charge in [-0.25, -0.2) is 8.78 Å². The topological polar surface area (TPSA) is 9.23 Å². The van der Waals surface area contributed by atoms with Crippen molar-refractivity contribution in [2.45, 2.75) is 13.8 Å². The van der Waals surface area contributed by atoms with Gasteiger partial charge < -0.3 is 4.74 Å². The zero-order valence-electron chi connectivity index (χ0n) is 11.3. The van der Waals surface area contributed by atoms with Crippen molar-refractivity contribution in [3.63, 3.8) is 0 Å². The van der Waals surface area contributed by atoms with Gasteiger partial charge in [0.1, 0.15) is 5.82 Å². The van der Waals surface area contributed by atoms with E-state index in [0.717, 1.165) is 5.56 Å². The Morgan fingerprint density at radius 1 is 0.900 bits per heavy atom. The molecule has 0 spiro atoms. The molecule has 0 atom stereocenters. The smallest absolute Gasteiger partial charge is 0.183 e. The SMILES string of the molecule is COc1ccc(C)c(Cl)c1F.Cc1cccc(F)c1Cl. The van der Waals surface area contributed by atoms with Crippen LogP contribution in [0.2, 0.25) is 10.0 Å². The standard InChI is InChI=1S/C8H8ClFO.C7H6ClF/c1-5-3-4-6(11-2)8(10)7(5)9;1-5-3-2-4-6(9)7(5)8/h3-4H,1-2H3;2-4H,1H3. The Morgan fingerprint density at radius 3 is 2.00 bits per heavy atom. The van der Waals surface area contributed by atoms with Gasteiger partial charge in [-0.3, -0.25) is 0 Å². The summed E-state index contributed by atoms with van der Waals surface area (Å²) in [6, 6.07) is 8.01. The Labute approximate surface area is 127 Å². The number of benzene rings is 2. The van der Waals surface area contributed by atoms with Crippen LogP contribution in [-0.4, -0.2) is 7.11 Å². The third-order valence-corrected chi connectivity index (χ3v) is 3.55. The second-order valence-corrected chi connectivity index (χ2v) is 4.84. The van der Waals surface area contributed by atoms with Crippen LogP contribution in [0.1, 0.15) is 11.1 Å². The van der Waals surface area contributed by atoms with Gasteiger partial charge in [0, 0.05) is 0 Å². The van der Waals surface area contributed by atoms with Crippen molar-refractivity contribution in [2.75, 3.05) is 7.11 Å². The van der Waals surface area contributed by atoms with E-state index in [9.17, 15) is 8.78 Å². The maximum absolute atomic E-state index is 13.0. The van der Waals surface area contributed by atoms with E-state index in [1.54, 1.807) is 38.1 Å². The maximum Gasteiger partial charge on any atom is 0.183 e. The lowest BCUT2D eigenvalue weighted by Gasteiger charge is -2.04. The monoisotopic (exact) mass is 318 g/mol. The molecule has 5 heteroatoms. The molecule has 0 saturated carbocycles. The van der Waals surface area contributed by atoms with Crippen molar-refractivity contribution in [3.8, 4) is 5.75 Å². The lowest BCUT2D eigenvalue weighted by Crippen LogP contribution is -1.89. The Kier molecular flexibility index (Phi) is 6.24. The normalized spacial score (nSPS) is 9.75. The van der Waals surface area contributed by atoms with E-state index in [1.165, 1.54) is 13.2 Å². The number of hydrogen-bond donors (Lipinski definition) is 0. The predicted molar refractivity (Wildman–Crippen MR) is 78.8 cm³/mol. The number of halogens is 4. The summed E-state index contributed by atoms with van der Waals surface area (Å²) in [5.41, 5.74) is 1.49. The molecule has 0 fully saturated rings. The van der Waals surface area contributed by atoms with Crippen LogP contribution in [0.3, 0.4) is 0 Å². The minimum Gasteiger partial charge on any atom is -0.494 e. The third kappa shape index (κ3) is 4.09. The Bertz CT molecular complexity index is 580. The predicted octanol–water partition coefficient (Wildman–Crippen LogP) is 5.58. The summed E-state index contributed by atoms with van der Waals surface area (Å²) in [5, 5.41) is 0.349. The molecule has 0 N–H and O–H groups in total. The molecule has 0 bridgehead atoms. The fourth-order valence-corrected chi connectivity index (χ4v) is 1.68. The number of rotatable bonds is 1. The molecule has 1 nitrogen and oxygen atoms in total. The molecule has 0 heterocycles. The molecule has 0 radical (unpaired) electrons. The van der Waals surface area contributed by atoms with Crippen LogP contribution in [-0.2, 0) is 0 Å². The van der Waals surface area contributed by atoms with Crippen molar-refractivity contribution < 1.29 is 13.5 Å². The first kappa shape index (κ1) is 16.7. The molecule has 0 aliphatic rings. The second-order valence-electron chi connectivity index (χ2n) is 4.08. The minimum atomic E-state index is -0.492. The van der Waals surface area contributed by atoms with E-state index in [2.05, 4.69) is 0 Å². The van der Waals surface area contributed by atoms with Crippen molar-refractivity contribution in [1.29, 1.82) is 0 Å². The zero-order chi connectivity index (χ0) is 15.3. The highest BCUT2D eigenvalue weighted by atomic mass is 35.5. The molecular formula is C15H14Cl2F2O. The number of ether oxygens (including phenoxy) is 1. The lowest BCUT2D eigenvalue weighted by atomic mass is 10.2. The number of hydrogen-bond acceptors (Lipinski definition) is 1. The highest BCUT2D eigenvalue weighted by Gasteiger charge is 2.08. The minimum absolute atomic E-state index is 0.129. The molecule has 0 saturated heterocycles. The largest absolute Gasteiger partial charge is 0.494 e. The first-order valence-electron chi connectivity index (χ1n) is 5.77. The average Bonchev–Trinajstić information content (AvgIpc) is 2.43. The quantitative estimate of drug-likeness (QED) is 0.666. The molecule has 0 unspecified atom stereocenters. The summed E-state index contributed by atoms with van der Waals surface area (Å²) >= 11 is 11.1. The fraction of sp³-hybridized carbons (Fsp3) is 0.200. The van der Waals surface area contributed by atoms with Crippen LogP contribution in [0.15, 0.2) is 30.3 Å². The Balaban J connectivity index is 0.000000204. The van der Waals surface area contributed by atoms with Crippen molar-refractivity contribution in [2.24, 2.45) is 0 Å². The van der Waals surface area contributed by atoms with Crippen LogP contribution in [0, 0.1) is 25.5 Å². The molecule has 0 aliphatic carbocycles. The van der Waals surface area contributed by atoms with Gasteiger partial charge in [0.2, 0.25) is 0 Å². The molecule has 0 aliphatic heterocycles. The molecule has 2 aromatic rings. The van der Waals surface area contributed by atoms with Crippen LogP contribution in [0.4, 0.5) is 8.78 Å². The Hall–Kier alpha value is -1.32. The van der Waals surface area contributed by atoms with Crippen LogP contribution >= 0.6 is 23.2 Å². The van der Waals surface area contributed by atoms with Gasteiger partial charge in [0.05, 0.1) is 17.2 Å². The molecular weight excluding hydrogens is 305 g/mol. The van der Waals surface area contributed by atoms with E-state index < -0.39 is 5.82 Å². The van der Waals surface area contributed by atoms with Gasteiger partial charge in [-0.1, -0.05) is 41.4 Å². The molecule has 0 aromatic heterocycles. The van der Waals surface area contributed by atoms with Gasteiger partial charge in [0.15, 0.2) is 11.6 Å². The lowest BCUT2D eigenvalue weighted by molar-refractivity contribution is 0.386. The molecule has 108 valence electrons. The van der Waals surface area contributed by atoms with Gasteiger partial charge >= 0.3 is 0 Å². The highest BCUT2D eigenvalue weighted by Crippen LogP contribution is 2.26. The highest BCUT2D eigenvalue weighted by molar-refractivity contribution is 6.31. The number of aryl methyl sites for hydroxylation is 2. The van der Waals surface area contributed by atoms with Gasteiger partial charge in [-0.15, -0.1) is 0 Å². The summed E-state index contributed by atoms with van der Waals surface area (Å²) in [5.74, 6) is -0.661. The van der Waals surface area contributed by atoms with E-state index >= 15 is 0 Å². The van der Waals surface area contributed by atoms with E-state index in [-0.39, 0.29) is 21.6 Å². The van der Waals surface area contributed by atoms with Gasteiger partial charge in [0.25, 0.3) is 0 Å². The molecule has 2 aromatic carbocycles. The van der Waals surface area contributed by atoms with Crippen molar-refractivity contribution in [3.05, 3.63) is 63.1 Å². The second kappa shape index (κ2) is 7.46. The summed E-state index contributed by atoms with van der Waals surface area (Å²) in [4.78, 5) is 0. The first-order chi connectivity index (χ1) is 9.38. The van der Waals surface area contributed by atoms with Crippen LogP contribution in [0.25, 0.3) is 0 Å². The number of methoxy groups -OCH3 is 1. The molecule has 2 rings (SSSR count). The first-order valence-corrected chi connectivity index (χ1v) is 6.53.